The second-order valence-electron chi connectivity index (χ2n) is 6.41. The fraction of sp³-hybridized carbons (Fsp3) is 1.00. The Morgan fingerprint density at radius 2 is 1.74 bits per heavy atom. The van der Waals surface area contributed by atoms with Gasteiger partial charge in [-0.2, -0.15) is 0 Å². The molecule has 0 aromatic carbocycles. The van der Waals surface area contributed by atoms with Gasteiger partial charge >= 0.3 is 0 Å². The van der Waals surface area contributed by atoms with Crippen LogP contribution in [-0.2, 0) is 0 Å². The first-order chi connectivity index (χ1) is 9.17. The van der Waals surface area contributed by atoms with Crippen LogP contribution in [-0.4, -0.2) is 37.1 Å². The molecule has 1 aliphatic rings. The van der Waals surface area contributed by atoms with Crippen molar-refractivity contribution in [3.05, 3.63) is 0 Å². The zero-order valence-electron chi connectivity index (χ0n) is 13.9. The molecule has 0 aliphatic heterocycles. The van der Waals surface area contributed by atoms with Gasteiger partial charge in [0.1, 0.15) is 0 Å². The summed E-state index contributed by atoms with van der Waals surface area (Å²) in [7, 11) is 4.50. The van der Waals surface area contributed by atoms with Crippen LogP contribution in [0, 0.1) is 5.92 Å². The van der Waals surface area contributed by atoms with E-state index >= 15 is 0 Å². The molecule has 19 heavy (non-hydrogen) atoms. The van der Waals surface area contributed by atoms with Crippen molar-refractivity contribution in [2.45, 2.75) is 90.3 Å². The van der Waals surface area contributed by atoms with Crippen LogP contribution in [0.25, 0.3) is 0 Å². The summed E-state index contributed by atoms with van der Waals surface area (Å²) in [6, 6.07) is 2.18. The summed E-state index contributed by atoms with van der Waals surface area (Å²) < 4.78 is 0. The van der Waals surface area contributed by atoms with Gasteiger partial charge in [-0.15, -0.1) is 0 Å². The normalized spacial score (nSPS) is 27.5. The van der Waals surface area contributed by atoms with Crippen molar-refractivity contribution in [3.8, 4) is 0 Å². The van der Waals surface area contributed by atoms with Gasteiger partial charge in [0.2, 0.25) is 0 Å². The first kappa shape index (κ1) is 17.0. The second-order valence-corrected chi connectivity index (χ2v) is 6.41. The van der Waals surface area contributed by atoms with Gasteiger partial charge in [0.15, 0.2) is 0 Å². The van der Waals surface area contributed by atoms with E-state index in [1.165, 1.54) is 51.4 Å². The molecule has 2 nitrogen and oxygen atoms in total. The molecule has 1 N–H and O–H groups in total. The molecule has 0 aromatic rings. The summed E-state index contributed by atoms with van der Waals surface area (Å²) in [5.74, 6) is 1.00. The molecule has 2 atom stereocenters. The van der Waals surface area contributed by atoms with E-state index in [0.717, 1.165) is 12.0 Å². The molecule has 1 saturated carbocycles. The molecule has 0 radical (unpaired) electrons. The molecular formula is C17H36N2. The van der Waals surface area contributed by atoms with E-state index in [0.29, 0.717) is 12.1 Å². The van der Waals surface area contributed by atoms with Crippen LogP contribution in [0.5, 0.6) is 0 Å². The molecule has 1 aliphatic carbocycles. The van der Waals surface area contributed by atoms with Crippen LogP contribution < -0.4 is 5.32 Å². The predicted octanol–water partition coefficient (Wildman–Crippen LogP) is 4.05. The van der Waals surface area contributed by atoms with Crippen molar-refractivity contribution in [1.82, 2.24) is 10.2 Å². The number of rotatable bonds is 8. The molecule has 0 aromatic heterocycles. The van der Waals surface area contributed by atoms with Crippen LogP contribution in [0.1, 0.15) is 72.1 Å². The topological polar surface area (TPSA) is 15.3 Å². The van der Waals surface area contributed by atoms with E-state index in [2.05, 4.69) is 45.1 Å². The minimum Gasteiger partial charge on any atom is -0.315 e. The van der Waals surface area contributed by atoms with E-state index in [4.69, 9.17) is 0 Å². The summed E-state index contributed by atoms with van der Waals surface area (Å²) >= 11 is 0. The summed E-state index contributed by atoms with van der Waals surface area (Å²) in [6.07, 6.45) is 10.9. The Kier molecular flexibility index (Phi) is 8.01. The largest absolute Gasteiger partial charge is 0.315 e. The Hall–Kier alpha value is -0.0800. The highest BCUT2D eigenvalue weighted by Gasteiger charge is 2.29. The first-order valence-electron chi connectivity index (χ1n) is 8.56. The van der Waals surface area contributed by atoms with Gasteiger partial charge in [-0.05, 0) is 58.5 Å². The van der Waals surface area contributed by atoms with Gasteiger partial charge in [-0.25, -0.2) is 0 Å². The highest BCUT2D eigenvalue weighted by atomic mass is 15.2. The SMILES string of the molecule is CCCC(NC)C(CC)N(C)C1CCC(CC)CC1. The van der Waals surface area contributed by atoms with Crippen molar-refractivity contribution >= 4 is 0 Å². The number of nitrogens with one attached hydrogen (secondary N) is 1. The van der Waals surface area contributed by atoms with Crippen LogP contribution in [0.2, 0.25) is 0 Å². The number of nitrogens with zero attached hydrogens (tertiary/aromatic N) is 1. The molecule has 0 heterocycles. The second kappa shape index (κ2) is 8.97. The first-order valence-corrected chi connectivity index (χ1v) is 8.56. The van der Waals surface area contributed by atoms with Crippen molar-refractivity contribution in [2.24, 2.45) is 5.92 Å². The van der Waals surface area contributed by atoms with Gasteiger partial charge in [-0.3, -0.25) is 4.90 Å². The number of hydrogen-bond acceptors (Lipinski definition) is 2. The molecule has 0 saturated heterocycles. The number of hydrogen-bond donors (Lipinski definition) is 1. The molecule has 114 valence electrons. The zero-order chi connectivity index (χ0) is 14.3. The lowest BCUT2D eigenvalue weighted by atomic mass is 9.83. The van der Waals surface area contributed by atoms with E-state index in [1.54, 1.807) is 0 Å². The summed E-state index contributed by atoms with van der Waals surface area (Å²) in [4.78, 5) is 2.70. The van der Waals surface area contributed by atoms with Crippen molar-refractivity contribution in [1.29, 1.82) is 0 Å². The maximum Gasteiger partial charge on any atom is 0.0246 e. The third kappa shape index (κ3) is 4.75. The maximum atomic E-state index is 3.55. The molecule has 0 spiro atoms. The summed E-state index contributed by atoms with van der Waals surface area (Å²) in [6.45, 7) is 6.99. The Bertz CT molecular complexity index is 221. The molecule has 1 fully saturated rings. The predicted molar refractivity (Wildman–Crippen MR) is 85.6 cm³/mol. The summed E-state index contributed by atoms with van der Waals surface area (Å²) in [5.41, 5.74) is 0. The van der Waals surface area contributed by atoms with Gasteiger partial charge in [0, 0.05) is 18.1 Å². The van der Waals surface area contributed by atoms with Crippen LogP contribution in [0.15, 0.2) is 0 Å². The van der Waals surface area contributed by atoms with Gasteiger partial charge in [0.25, 0.3) is 0 Å². The van der Waals surface area contributed by atoms with E-state index in [-0.39, 0.29) is 0 Å². The van der Waals surface area contributed by atoms with Crippen molar-refractivity contribution in [3.63, 3.8) is 0 Å². The Labute approximate surface area is 121 Å². The molecule has 2 heteroatoms. The van der Waals surface area contributed by atoms with E-state index in [1.807, 2.05) is 0 Å². The average molecular weight is 268 g/mol. The Morgan fingerprint density at radius 1 is 1.11 bits per heavy atom. The third-order valence-corrected chi connectivity index (χ3v) is 5.35. The lowest BCUT2D eigenvalue weighted by molar-refractivity contribution is 0.0929. The van der Waals surface area contributed by atoms with E-state index < -0.39 is 0 Å². The fourth-order valence-electron chi connectivity index (χ4n) is 3.93. The Morgan fingerprint density at radius 3 is 2.16 bits per heavy atom. The monoisotopic (exact) mass is 268 g/mol. The Balaban J connectivity index is 2.55. The maximum absolute atomic E-state index is 3.55. The average Bonchev–Trinajstić information content (AvgIpc) is 2.46. The standard InChI is InChI=1S/C17H36N2/c1-6-9-16(18-4)17(8-3)19(5)15-12-10-14(7-2)11-13-15/h14-18H,6-13H2,1-5H3. The van der Waals surface area contributed by atoms with Crippen molar-refractivity contribution < 1.29 is 0 Å². The molecule has 0 bridgehead atoms. The fourth-order valence-corrected chi connectivity index (χ4v) is 3.93. The number of likely N-dealkylation sites (N-methyl/N-ethyl adjacent to an activating group) is 2. The van der Waals surface area contributed by atoms with Gasteiger partial charge in [0.05, 0.1) is 0 Å². The van der Waals surface area contributed by atoms with E-state index in [9.17, 15) is 0 Å². The molecule has 2 unspecified atom stereocenters. The quantitative estimate of drug-likeness (QED) is 0.714. The zero-order valence-corrected chi connectivity index (χ0v) is 13.9. The minimum atomic E-state index is 0.656. The highest BCUT2D eigenvalue weighted by molar-refractivity contribution is 4.87. The molecule has 0 amide bonds. The minimum absolute atomic E-state index is 0.656. The van der Waals surface area contributed by atoms with Crippen LogP contribution in [0.3, 0.4) is 0 Å². The van der Waals surface area contributed by atoms with Gasteiger partial charge < -0.3 is 5.32 Å². The van der Waals surface area contributed by atoms with Crippen LogP contribution in [0.4, 0.5) is 0 Å². The summed E-state index contributed by atoms with van der Waals surface area (Å²) in [5, 5.41) is 3.55. The van der Waals surface area contributed by atoms with Gasteiger partial charge in [-0.1, -0.05) is 33.6 Å². The highest BCUT2D eigenvalue weighted by Crippen LogP contribution is 2.30. The third-order valence-electron chi connectivity index (χ3n) is 5.35. The smallest absolute Gasteiger partial charge is 0.0246 e. The molecule has 1 rings (SSSR count). The lowest BCUT2D eigenvalue weighted by Crippen LogP contribution is -2.51. The van der Waals surface area contributed by atoms with Crippen molar-refractivity contribution in [2.75, 3.05) is 14.1 Å². The lowest BCUT2D eigenvalue weighted by Gasteiger charge is -2.42. The molecular weight excluding hydrogens is 232 g/mol. The van der Waals surface area contributed by atoms with Crippen LogP contribution >= 0.6 is 0 Å².